The molecule has 0 spiro atoms. The van der Waals surface area contributed by atoms with E-state index in [-0.39, 0.29) is 0 Å². The van der Waals surface area contributed by atoms with Crippen LogP contribution in [0.2, 0.25) is 5.15 Å². The van der Waals surface area contributed by atoms with Gasteiger partial charge in [0.1, 0.15) is 16.8 Å². The predicted octanol–water partition coefficient (Wildman–Crippen LogP) is 2.93. The summed E-state index contributed by atoms with van der Waals surface area (Å²) in [5, 5.41) is 0.539. The zero-order valence-electron chi connectivity index (χ0n) is 10.1. The molecule has 0 saturated heterocycles. The summed E-state index contributed by atoms with van der Waals surface area (Å²) >= 11 is 5.99. The van der Waals surface area contributed by atoms with E-state index < -0.39 is 0 Å². The van der Waals surface area contributed by atoms with Gasteiger partial charge in [0, 0.05) is 25.6 Å². The first-order valence-electron chi connectivity index (χ1n) is 5.88. The van der Waals surface area contributed by atoms with Crippen molar-refractivity contribution in [3.05, 3.63) is 17.0 Å². The number of aromatic nitrogens is 2. The molecule has 0 N–H and O–H groups in total. The largest absolute Gasteiger partial charge is 0.357 e. The van der Waals surface area contributed by atoms with Crippen LogP contribution in [0.3, 0.4) is 0 Å². The van der Waals surface area contributed by atoms with Crippen molar-refractivity contribution in [3.8, 4) is 0 Å². The Morgan fingerprint density at radius 2 is 2.19 bits per heavy atom. The molecule has 1 aliphatic rings. The summed E-state index contributed by atoms with van der Waals surface area (Å²) in [5.41, 5.74) is 0. The van der Waals surface area contributed by atoms with Crippen LogP contribution in [0, 0.1) is 5.92 Å². The van der Waals surface area contributed by atoms with Crippen LogP contribution in [0.4, 0.5) is 5.82 Å². The molecule has 1 saturated carbocycles. The van der Waals surface area contributed by atoms with Crippen molar-refractivity contribution in [2.24, 2.45) is 5.92 Å². The Bertz CT molecular complexity index is 377. The molecule has 4 heteroatoms. The van der Waals surface area contributed by atoms with E-state index in [9.17, 15) is 0 Å². The van der Waals surface area contributed by atoms with E-state index in [0.29, 0.717) is 11.2 Å². The molecule has 1 aromatic rings. The van der Waals surface area contributed by atoms with Crippen molar-refractivity contribution in [1.29, 1.82) is 0 Å². The molecule has 0 amide bonds. The zero-order chi connectivity index (χ0) is 11.7. The maximum absolute atomic E-state index is 5.99. The summed E-state index contributed by atoms with van der Waals surface area (Å²) in [7, 11) is 2.08. The van der Waals surface area contributed by atoms with Gasteiger partial charge in [0.2, 0.25) is 0 Å². The average Bonchev–Trinajstić information content (AvgIpc) is 3.10. The van der Waals surface area contributed by atoms with Crippen molar-refractivity contribution >= 4 is 17.4 Å². The third kappa shape index (κ3) is 2.46. The smallest absolute Gasteiger partial charge is 0.134 e. The molecular formula is C12H18ClN3. The molecule has 1 heterocycles. The van der Waals surface area contributed by atoms with Gasteiger partial charge in [-0.3, -0.25) is 0 Å². The Morgan fingerprint density at radius 1 is 1.50 bits per heavy atom. The maximum atomic E-state index is 5.99. The Kier molecular flexibility index (Phi) is 3.33. The Hall–Kier alpha value is -0.830. The Balaban J connectivity index is 2.20. The van der Waals surface area contributed by atoms with Crippen LogP contribution in [-0.2, 0) is 6.42 Å². The molecule has 1 aromatic heterocycles. The zero-order valence-corrected chi connectivity index (χ0v) is 10.8. The van der Waals surface area contributed by atoms with Crippen LogP contribution in [0.5, 0.6) is 0 Å². The van der Waals surface area contributed by atoms with Gasteiger partial charge in [-0.2, -0.15) is 0 Å². The molecule has 1 atom stereocenters. The number of aryl methyl sites for hydroxylation is 1. The van der Waals surface area contributed by atoms with Gasteiger partial charge in [0.05, 0.1) is 0 Å². The lowest BCUT2D eigenvalue weighted by molar-refractivity contribution is 0.602. The SMILES string of the molecule is CCc1nc(Cl)cc(N(C)C(C)C2CC2)n1. The van der Waals surface area contributed by atoms with E-state index in [1.807, 2.05) is 13.0 Å². The van der Waals surface area contributed by atoms with Gasteiger partial charge in [0.15, 0.2) is 0 Å². The second-order valence-corrected chi connectivity index (χ2v) is 4.89. The van der Waals surface area contributed by atoms with Crippen LogP contribution in [0.1, 0.15) is 32.5 Å². The number of anilines is 1. The van der Waals surface area contributed by atoms with E-state index in [1.165, 1.54) is 12.8 Å². The molecular weight excluding hydrogens is 222 g/mol. The van der Waals surface area contributed by atoms with Gasteiger partial charge in [-0.1, -0.05) is 18.5 Å². The molecule has 0 aliphatic heterocycles. The van der Waals surface area contributed by atoms with Crippen LogP contribution < -0.4 is 4.90 Å². The van der Waals surface area contributed by atoms with Gasteiger partial charge in [-0.25, -0.2) is 9.97 Å². The Labute approximate surface area is 102 Å². The number of rotatable bonds is 4. The second kappa shape index (κ2) is 4.58. The van der Waals surface area contributed by atoms with Gasteiger partial charge in [-0.15, -0.1) is 0 Å². The molecule has 16 heavy (non-hydrogen) atoms. The highest BCUT2D eigenvalue weighted by atomic mass is 35.5. The van der Waals surface area contributed by atoms with Crippen LogP contribution >= 0.6 is 11.6 Å². The van der Waals surface area contributed by atoms with Gasteiger partial charge >= 0.3 is 0 Å². The highest BCUT2D eigenvalue weighted by Gasteiger charge is 2.31. The third-order valence-corrected chi connectivity index (χ3v) is 3.51. The topological polar surface area (TPSA) is 29.0 Å². The molecule has 1 fully saturated rings. The molecule has 3 nitrogen and oxygen atoms in total. The highest BCUT2D eigenvalue weighted by Crippen LogP contribution is 2.36. The lowest BCUT2D eigenvalue weighted by Crippen LogP contribution is -2.31. The maximum Gasteiger partial charge on any atom is 0.134 e. The lowest BCUT2D eigenvalue weighted by atomic mass is 10.2. The fraction of sp³-hybridized carbons (Fsp3) is 0.667. The van der Waals surface area contributed by atoms with E-state index in [4.69, 9.17) is 11.6 Å². The van der Waals surface area contributed by atoms with Crippen molar-refractivity contribution in [1.82, 2.24) is 9.97 Å². The number of hydrogen-bond donors (Lipinski definition) is 0. The molecule has 0 radical (unpaired) electrons. The van der Waals surface area contributed by atoms with E-state index >= 15 is 0 Å². The summed E-state index contributed by atoms with van der Waals surface area (Å²) in [6.45, 7) is 4.29. The molecule has 2 rings (SSSR count). The number of hydrogen-bond acceptors (Lipinski definition) is 3. The molecule has 1 unspecified atom stereocenters. The van der Waals surface area contributed by atoms with Crippen molar-refractivity contribution in [2.45, 2.75) is 39.2 Å². The second-order valence-electron chi connectivity index (χ2n) is 4.51. The lowest BCUT2D eigenvalue weighted by Gasteiger charge is -2.26. The number of halogens is 1. The summed E-state index contributed by atoms with van der Waals surface area (Å²) < 4.78 is 0. The molecule has 0 aromatic carbocycles. The van der Waals surface area contributed by atoms with Crippen LogP contribution in [0.15, 0.2) is 6.07 Å². The quantitative estimate of drug-likeness (QED) is 0.757. The van der Waals surface area contributed by atoms with Crippen LogP contribution in [-0.4, -0.2) is 23.1 Å². The summed E-state index contributed by atoms with van der Waals surface area (Å²) in [6, 6.07) is 2.38. The summed E-state index contributed by atoms with van der Waals surface area (Å²) in [6.07, 6.45) is 3.50. The first-order chi connectivity index (χ1) is 7.61. The average molecular weight is 240 g/mol. The van der Waals surface area contributed by atoms with Crippen molar-refractivity contribution in [2.75, 3.05) is 11.9 Å². The standard InChI is InChI=1S/C12H18ClN3/c1-4-11-14-10(13)7-12(15-11)16(3)8(2)9-5-6-9/h7-9H,4-6H2,1-3H3. The third-order valence-electron chi connectivity index (χ3n) is 3.32. The van der Waals surface area contributed by atoms with E-state index in [1.54, 1.807) is 0 Å². The highest BCUT2D eigenvalue weighted by molar-refractivity contribution is 6.29. The predicted molar refractivity (Wildman–Crippen MR) is 67.0 cm³/mol. The molecule has 88 valence electrons. The normalized spacial score (nSPS) is 17.2. The monoisotopic (exact) mass is 239 g/mol. The minimum absolute atomic E-state index is 0.538. The molecule has 1 aliphatic carbocycles. The Morgan fingerprint density at radius 3 is 2.75 bits per heavy atom. The fourth-order valence-corrected chi connectivity index (χ4v) is 2.09. The van der Waals surface area contributed by atoms with Gasteiger partial charge in [-0.05, 0) is 25.7 Å². The van der Waals surface area contributed by atoms with Gasteiger partial charge < -0.3 is 4.90 Å². The van der Waals surface area contributed by atoms with Crippen LogP contribution in [0.25, 0.3) is 0 Å². The van der Waals surface area contributed by atoms with E-state index in [0.717, 1.165) is 24.0 Å². The first kappa shape index (κ1) is 11.6. The fourth-order valence-electron chi connectivity index (χ4n) is 1.89. The molecule has 0 bridgehead atoms. The summed E-state index contributed by atoms with van der Waals surface area (Å²) in [4.78, 5) is 10.9. The minimum atomic E-state index is 0.538. The van der Waals surface area contributed by atoms with E-state index in [2.05, 4.69) is 28.8 Å². The van der Waals surface area contributed by atoms with Crippen molar-refractivity contribution < 1.29 is 0 Å². The first-order valence-corrected chi connectivity index (χ1v) is 6.26. The summed E-state index contributed by atoms with van der Waals surface area (Å²) in [5.74, 6) is 2.58. The van der Waals surface area contributed by atoms with Gasteiger partial charge in [0.25, 0.3) is 0 Å². The number of nitrogens with zero attached hydrogens (tertiary/aromatic N) is 3. The van der Waals surface area contributed by atoms with Crippen molar-refractivity contribution in [3.63, 3.8) is 0 Å². The minimum Gasteiger partial charge on any atom is -0.357 e.